The number of morpholine rings is 1. The number of allylic oxidation sites excluding steroid dienone is 4. The van der Waals surface area contributed by atoms with Gasteiger partial charge in [-0.1, -0.05) is 25.7 Å². The zero-order chi connectivity index (χ0) is 12.5. The third-order valence-electron chi connectivity index (χ3n) is 2.31. The molecule has 4 nitrogen and oxygen atoms in total. The summed E-state index contributed by atoms with van der Waals surface area (Å²) in [6.45, 7) is 7.94. The summed E-state index contributed by atoms with van der Waals surface area (Å²) in [5.74, 6) is 0.464. The summed E-state index contributed by atoms with van der Waals surface area (Å²) in [4.78, 5) is 13.4. The van der Waals surface area contributed by atoms with Crippen LogP contribution >= 0.6 is 0 Å². The van der Waals surface area contributed by atoms with E-state index in [0.717, 1.165) is 6.42 Å². The lowest BCUT2D eigenvalue weighted by molar-refractivity contribution is 0.0357. The van der Waals surface area contributed by atoms with E-state index in [-0.39, 0.29) is 6.09 Å². The third-order valence-corrected chi connectivity index (χ3v) is 2.31. The number of nitrogens with zero attached hydrogens (tertiary/aromatic N) is 1. The molecule has 0 radical (unpaired) electrons. The normalized spacial score (nSPS) is 17.2. The van der Waals surface area contributed by atoms with Crippen molar-refractivity contribution in [3.63, 3.8) is 0 Å². The monoisotopic (exact) mass is 237 g/mol. The molecular formula is C13H19NO3. The summed E-state index contributed by atoms with van der Waals surface area (Å²) in [7, 11) is 0. The van der Waals surface area contributed by atoms with Crippen LogP contribution in [0.2, 0.25) is 0 Å². The first-order valence-corrected chi connectivity index (χ1v) is 5.81. The molecule has 0 spiro atoms. The molecule has 0 aromatic rings. The number of hydrogen-bond donors (Lipinski definition) is 0. The van der Waals surface area contributed by atoms with Gasteiger partial charge in [-0.25, -0.2) is 4.79 Å². The van der Waals surface area contributed by atoms with Crippen molar-refractivity contribution in [2.75, 3.05) is 26.3 Å². The molecule has 0 bridgehead atoms. The molecule has 0 aromatic carbocycles. The molecule has 0 atom stereocenters. The Hall–Kier alpha value is -1.55. The first-order valence-electron chi connectivity index (χ1n) is 5.81. The second-order valence-electron chi connectivity index (χ2n) is 3.58. The minimum atomic E-state index is -0.343. The molecule has 1 heterocycles. The van der Waals surface area contributed by atoms with E-state index in [0.29, 0.717) is 32.1 Å². The molecule has 4 heteroatoms. The molecule has 0 N–H and O–H groups in total. The molecule has 0 aromatic heterocycles. The fourth-order valence-electron chi connectivity index (χ4n) is 1.35. The zero-order valence-corrected chi connectivity index (χ0v) is 10.2. The highest BCUT2D eigenvalue weighted by atomic mass is 16.6. The third kappa shape index (κ3) is 4.87. The minimum absolute atomic E-state index is 0.343. The number of ether oxygens (including phenoxy) is 2. The summed E-state index contributed by atoms with van der Waals surface area (Å²) in [5, 5.41) is 0. The zero-order valence-electron chi connectivity index (χ0n) is 10.2. The second kappa shape index (κ2) is 7.68. The number of carbonyl (C=O) groups excluding carboxylic acids is 1. The van der Waals surface area contributed by atoms with Crippen molar-refractivity contribution in [3.8, 4) is 0 Å². The van der Waals surface area contributed by atoms with Gasteiger partial charge in [-0.3, -0.25) is 0 Å². The van der Waals surface area contributed by atoms with E-state index >= 15 is 0 Å². The van der Waals surface area contributed by atoms with Gasteiger partial charge >= 0.3 is 6.09 Å². The largest absolute Gasteiger partial charge is 0.415 e. The Bertz CT molecular complexity index is 315. The van der Waals surface area contributed by atoms with Gasteiger partial charge in [0.1, 0.15) is 5.76 Å². The molecule has 1 aliphatic heterocycles. The fourth-order valence-corrected chi connectivity index (χ4v) is 1.35. The van der Waals surface area contributed by atoms with Crippen LogP contribution in [0.5, 0.6) is 0 Å². The summed E-state index contributed by atoms with van der Waals surface area (Å²) >= 11 is 0. The predicted octanol–water partition coefficient (Wildman–Crippen LogP) is 2.49. The average Bonchev–Trinajstić information content (AvgIpc) is 2.38. The van der Waals surface area contributed by atoms with Crippen molar-refractivity contribution in [2.24, 2.45) is 0 Å². The number of hydrogen-bond acceptors (Lipinski definition) is 3. The van der Waals surface area contributed by atoms with Crippen LogP contribution in [-0.4, -0.2) is 37.3 Å². The highest BCUT2D eigenvalue weighted by molar-refractivity contribution is 5.69. The van der Waals surface area contributed by atoms with Gasteiger partial charge in [-0.2, -0.15) is 0 Å². The molecule has 1 aliphatic rings. The summed E-state index contributed by atoms with van der Waals surface area (Å²) < 4.78 is 10.4. The van der Waals surface area contributed by atoms with E-state index in [1.807, 2.05) is 19.1 Å². The van der Waals surface area contributed by atoms with Crippen molar-refractivity contribution < 1.29 is 14.3 Å². The fraction of sp³-hybridized carbons (Fsp3) is 0.462. The lowest BCUT2D eigenvalue weighted by atomic mass is 10.3. The Morgan fingerprint density at radius 3 is 2.76 bits per heavy atom. The molecule has 1 rings (SSSR count). The Balaban J connectivity index is 2.49. The lowest BCUT2D eigenvalue weighted by Gasteiger charge is -2.25. The molecule has 1 amide bonds. The maximum absolute atomic E-state index is 11.7. The quantitative estimate of drug-likeness (QED) is 0.557. The topological polar surface area (TPSA) is 38.8 Å². The number of rotatable bonds is 4. The van der Waals surface area contributed by atoms with Crippen LogP contribution in [0.4, 0.5) is 4.79 Å². The van der Waals surface area contributed by atoms with E-state index in [1.54, 1.807) is 11.0 Å². The molecule has 94 valence electrons. The van der Waals surface area contributed by atoms with Crippen LogP contribution in [0.1, 0.15) is 13.3 Å². The minimum Gasteiger partial charge on any atom is -0.410 e. The van der Waals surface area contributed by atoms with Crippen LogP contribution in [0.15, 0.2) is 36.6 Å². The Labute approximate surface area is 102 Å². The van der Waals surface area contributed by atoms with Crippen LogP contribution in [0, 0.1) is 0 Å². The van der Waals surface area contributed by atoms with Crippen LogP contribution in [0.3, 0.4) is 0 Å². The molecule has 1 saturated heterocycles. The Kier molecular flexibility index (Phi) is 6.10. The van der Waals surface area contributed by atoms with Gasteiger partial charge in [-0.15, -0.1) is 0 Å². The summed E-state index contributed by atoms with van der Waals surface area (Å²) in [5.41, 5.74) is 0. The van der Waals surface area contributed by atoms with Gasteiger partial charge in [0.15, 0.2) is 0 Å². The Morgan fingerprint density at radius 1 is 1.47 bits per heavy atom. The van der Waals surface area contributed by atoms with Gasteiger partial charge in [0.2, 0.25) is 0 Å². The first kappa shape index (κ1) is 13.5. The highest BCUT2D eigenvalue weighted by Crippen LogP contribution is 2.06. The van der Waals surface area contributed by atoms with Crippen molar-refractivity contribution in [1.82, 2.24) is 4.90 Å². The van der Waals surface area contributed by atoms with E-state index in [1.165, 1.54) is 6.08 Å². The van der Waals surface area contributed by atoms with E-state index in [9.17, 15) is 4.79 Å². The second-order valence-corrected chi connectivity index (χ2v) is 3.58. The van der Waals surface area contributed by atoms with Gasteiger partial charge in [-0.05, 0) is 18.6 Å². The van der Waals surface area contributed by atoms with Gasteiger partial charge in [0.05, 0.1) is 13.2 Å². The van der Waals surface area contributed by atoms with Crippen molar-refractivity contribution >= 4 is 6.09 Å². The smallest absolute Gasteiger partial charge is 0.410 e. The number of amides is 1. The molecule has 0 aliphatic carbocycles. The molecular weight excluding hydrogens is 218 g/mol. The SMILES string of the molecule is C=CC(=CC=CCC)OC(=O)N1CCOCC1. The lowest BCUT2D eigenvalue weighted by Crippen LogP contribution is -2.40. The van der Waals surface area contributed by atoms with Gasteiger partial charge < -0.3 is 14.4 Å². The van der Waals surface area contributed by atoms with Crippen LogP contribution in [0.25, 0.3) is 0 Å². The molecule has 1 fully saturated rings. The van der Waals surface area contributed by atoms with Gasteiger partial charge in [0.25, 0.3) is 0 Å². The van der Waals surface area contributed by atoms with E-state index in [2.05, 4.69) is 6.58 Å². The van der Waals surface area contributed by atoms with E-state index < -0.39 is 0 Å². The molecule has 0 saturated carbocycles. The van der Waals surface area contributed by atoms with Crippen molar-refractivity contribution in [2.45, 2.75) is 13.3 Å². The molecule has 17 heavy (non-hydrogen) atoms. The maximum atomic E-state index is 11.7. The van der Waals surface area contributed by atoms with Crippen LogP contribution in [-0.2, 0) is 9.47 Å². The standard InChI is InChI=1S/C13H19NO3/c1-3-5-6-7-12(4-2)17-13(15)14-8-10-16-11-9-14/h4-7H,2-3,8-11H2,1H3. The van der Waals surface area contributed by atoms with E-state index in [4.69, 9.17) is 9.47 Å². The molecule has 0 unspecified atom stereocenters. The highest BCUT2D eigenvalue weighted by Gasteiger charge is 2.18. The summed E-state index contributed by atoms with van der Waals surface area (Å²) in [6.07, 6.45) is 7.69. The van der Waals surface area contributed by atoms with Crippen molar-refractivity contribution in [1.29, 1.82) is 0 Å². The maximum Gasteiger partial charge on any atom is 0.415 e. The first-order chi connectivity index (χ1) is 8.27. The van der Waals surface area contributed by atoms with Gasteiger partial charge in [0, 0.05) is 13.1 Å². The predicted molar refractivity (Wildman–Crippen MR) is 66.6 cm³/mol. The Morgan fingerprint density at radius 2 is 2.18 bits per heavy atom. The number of carbonyl (C=O) groups is 1. The van der Waals surface area contributed by atoms with Crippen molar-refractivity contribution in [3.05, 3.63) is 36.6 Å². The van der Waals surface area contributed by atoms with Crippen LogP contribution < -0.4 is 0 Å². The summed E-state index contributed by atoms with van der Waals surface area (Å²) in [6, 6.07) is 0. The average molecular weight is 237 g/mol.